The summed E-state index contributed by atoms with van der Waals surface area (Å²) in [6, 6.07) is 16.0. The molecule has 1 aromatic heterocycles. The summed E-state index contributed by atoms with van der Waals surface area (Å²) in [5.41, 5.74) is 0.836. The molecule has 1 aliphatic heterocycles. The van der Waals surface area contributed by atoms with Crippen LogP contribution in [-0.4, -0.2) is 34.6 Å². The number of ether oxygens (including phenoxy) is 1. The lowest BCUT2D eigenvalue weighted by molar-refractivity contribution is 0.0318. The first-order chi connectivity index (χ1) is 14.5. The number of hydrogen-bond donors (Lipinski definition) is 0. The Morgan fingerprint density at radius 1 is 0.933 bits per heavy atom. The Hall–Kier alpha value is -4.00. The van der Waals surface area contributed by atoms with Crippen molar-refractivity contribution >= 4 is 23.6 Å². The average Bonchev–Trinajstić information content (AvgIpc) is 3.36. The van der Waals surface area contributed by atoms with E-state index in [4.69, 9.17) is 9.15 Å². The van der Waals surface area contributed by atoms with E-state index in [1.165, 1.54) is 31.4 Å². The predicted octanol–water partition coefficient (Wildman–Crippen LogP) is 3.50. The number of rotatable bonds is 6. The second kappa shape index (κ2) is 7.79. The van der Waals surface area contributed by atoms with E-state index in [-0.39, 0.29) is 29.0 Å². The fourth-order valence-electron chi connectivity index (χ4n) is 3.24. The third-order valence-corrected chi connectivity index (χ3v) is 4.81. The Kier molecular flexibility index (Phi) is 5.02. The number of ketones is 1. The lowest BCUT2D eigenvalue weighted by atomic mass is 10.1. The first-order valence-corrected chi connectivity index (χ1v) is 9.28. The number of amides is 2. The second-order valence-corrected chi connectivity index (χ2v) is 6.81. The standard InChI is InChI=1S/C23H17NO6/c1-14(20(25)15-6-3-2-4-7-15)30-23(28)16-9-10-18-19(12-16)22(27)24(21(18)26)13-17-8-5-11-29-17/h2-12,14H,13H2,1H3/t14-/m1/s1. The van der Waals surface area contributed by atoms with Gasteiger partial charge in [0.05, 0.1) is 29.5 Å². The van der Waals surface area contributed by atoms with Crippen LogP contribution in [0.3, 0.4) is 0 Å². The third kappa shape index (κ3) is 3.53. The van der Waals surface area contributed by atoms with E-state index < -0.39 is 23.9 Å². The zero-order chi connectivity index (χ0) is 21.3. The highest BCUT2D eigenvalue weighted by molar-refractivity contribution is 6.21. The van der Waals surface area contributed by atoms with Crippen molar-refractivity contribution in [3.8, 4) is 0 Å². The van der Waals surface area contributed by atoms with Gasteiger partial charge in [0.2, 0.25) is 5.78 Å². The number of fused-ring (bicyclic) bond motifs is 1. The van der Waals surface area contributed by atoms with E-state index in [2.05, 4.69) is 0 Å². The number of nitrogens with zero attached hydrogens (tertiary/aromatic N) is 1. The van der Waals surface area contributed by atoms with Gasteiger partial charge in [-0.05, 0) is 37.3 Å². The lowest BCUT2D eigenvalue weighted by Gasteiger charge is -2.12. The molecule has 3 aromatic rings. The number of furan rings is 1. The van der Waals surface area contributed by atoms with Crippen molar-refractivity contribution in [1.82, 2.24) is 4.90 Å². The van der Waals surface area contributed by atoms with Crippen molar-refractivity contribution in [2.75, 3.05) is 0 Å². The molecular formula is C23H17NO6. The van der Waals surface area contributed by atoms with Crippen LogP contribution in [0.15, 0.2) is 71.3 Å². The number of hydrogen-bond acceptors (Lipinski definition) is 6. The van der Waals surface area contributed by atoms with Crippen molar-refractivity contribution in [3.63, 3.8) is 0 Å². The molecule has 0 radical (unpaired) electrons. The molecule has 7 nitrogen and oxygen atoms in total. The van der Waals surface area contributed by atoms with E-state index in [1.54, 1.807) is 42.5 Å². The van der Waals surface area contributed by atoms with Crippen molar-refractivity contribution in [2.24, 2.45) is 0 Å². The monoisotopic (exact) mass is 403 g/mol. The summed E-state index contributed by atoms with van der Waals surface area (Å²) in [6.07, 6.45) is 0.459. The first kappa shape index (κ1) is 19.3. The molecule has 4 rings (SSSR count). The number of Topliss-reactive ketones (excluding diaryl/α,β-unsaturated/α-hetero) is 1. The summed E-state index contributed by atoms with van der Waals surface area (Å²) in [7, 11) is 0. The van der Waals surface area contributed by atoms with Crippen LogP contribution in [0.2, 0.25) is 0 Å². The second-order valence-electron chi connectivity index (χ2n) is 6.81. The Morgan fingerprint density at radius 2 is 1.67 bits per heavy atom. The Labute approximate surface area is 171 Å². The lowest BCUT2D eigenvalue weighted by Crippen LogP contribution is -2.28. The van der Waals surface area contributed by atoms with E-state index in [9.17, 15) is 19.2 Å². The minimum atomic E-state index is -0.999. The molecule has 7 heteroatoms. The van der Waals surface area contributed by atoms with Gasteiger partial charge in [0, 0.05) is 5.56 Å². The molecule has 1 aliphatic rings. The molecule has 0 saturated heterocycles. The van der Waals surface area contributed by atoms with Crippen LogP contribution in [0.1, 0.15) is 54.1 Å². The highest BCUT2D eigenvalue weighted by Gasteiger charge is 2.36. The van der Waals surface area contributed by atoms with Crippen LogP contribution in [0.25, 0.3) is 0 Å². The summed E-state index contributed by atoms with van der Waals surface area (Å²) < 4.78 is 10.5. The summed E-state index contributed by atoms with van der Waals surface area (Å²) in [5.74, 6) is -1.59. The average molecular weight is 403 g/mol. The van der Waals surface area contributed by atoms with Crippen LogP contribution in [0, 0.1) is 0 Å². The molecule has 0 bridgehead atoms. The van der Waals surface area contributed by atoms with E-state index in [0.29, 0.717) is 11.3 Å². The molecule has 0 aliphatic carbocycles. The Bertz CT molecular complexity index is 1130. The Morgan fingerprint density at radius 3 is 2.37 bits per heavy atom. The minimum absolute atomic E-state index is 0.00172. The first-order valence-electron chi connectivity index (χ1n) is 9.28. The van der Waals surface area contributed by atoms with Gasteiger partial charge in [-0.2, -0.15) is 0 Å². The van der Waals surface area contributed by atoms with E-state index >= 15 is 0 Å². The fourth-order valence-corrected chi connectivity index (χ4v) is 3.24. The fraction of sp³-hybridized carbons (Fsp3) is 0.130. The van der Waals surface area contributed by atoms with Crippen LogP contribution in [0.4, 0.5) is 0 Å². The summed E-state index contributed by atoms with van der Waals surface area (Å²) >= 11 is 0. The Balaban J connectivity index is 1.50. The van der Waals surface area contributed by atoms with Crippen molar-refractivity contribution in [1.29, 1.82) is 0 Å². The molecule has 2 heterocycles. The summed E-state index contributed by atoms with van der Waals surface area (Å²) in [6.45, 7) is 1.49. The topological polar surface area (TPSA) is 93.9 Å². The number of carbonyl (C=O) groups is 4. The predicted molar refractivity (Wildman–Crippen MR) is 105 cm³/mol. The maximum absolute atomic E-state index is 12.7. The number of esters is 1. The van der Waals surface area contributed by atoms with E-state index in [0.717, 1.165) is 4.90 Å². The van der Waals surface area contributed by atoms with Gasteiger partial charge in [-0.1, -0.05) is 30.3 Å². The number of carbonyl (C=O) groups excluding carboxylic acids is 4. The van der Waals surface area contributed by atoms with Crippen molar-refractivity contribution in [3.05, 3.63) is 94.9 Å². The van der Waals surface area contributed by atoms with Gasteiger partial charge in [-0.25, -0.2) is 4.79 Å². The van der Waals surface area contributed by atoms with Gasteiger partial charge in [0.15, 0.2) is 6.10 Å². The number of imide groups is 1. The highest BCUT2D eigenvalue weighted by atomic mass is 16.5. The molecule has 30 heavy (non-hydrogen) atoms. The molecule has 0 unspecified atom stereocenters. The van der Waals surface area contributed by atoms with E-state index in [1.807, 2.05) is 0 Å². The number of benzene rings is 2. The smallest absolute Gasteiger partial charge is 0.338 e. The molecule has 2 amide bonds. The SMILES string of the molecule is C[C@@H](OC(=O)c1ccc2c(c1)C(=O)N(Cc1ccco1)C2=O)C(=O)c1ccccc1. The van der Waals surface area contributed by atoms with Crippen molar-refractivity contribution in [2.45, 2.75) is 19.6 Å². The molecule has 0 saturated carbocycles. The molecule has 0 fully saturated rings. The summed E-state index contributed by atoms with van der Waals surface area (Å²) in [4.78, 5) is 51.2. The largest absolute Gasteiger partial charge is 0.467 e. The minimum Gasteiger partial charge on any atom is -0.467 e. The molecule has 0 N–H and O–H groups in total. The van der Waals surface area contributed by atoms with Crippen LogP contribution in [0.5, 0.6) is 0 Å². The van der Waals surface area contributed by atoms with Gasteiger partial charge in [0.1, 0.15) is 5.76 Å². The van der Waals surface area contributed by atoms with Gasteiger partial charge in [-0.3, -0.25) is 19.3 Å². The molecular weight excluding hydrogens is 386 g/mol. The van der Waals surface area contributed by atoms with Gasteiger partial charge in [0.25, 0.3) is 11.8 Å². The van der Waals surface area contributed by atoms with Gasteiger partial charge in [-0.15, -0.1) is 0 Å². The summed E-state index contributed by atoms with van der Waals surface area (Å²) in [5, 5.41) is 0. The van der Waals surface area contributed by atoms with Crippen molar-refractivity contribution < 1.29 is 28.3 Å². The molecule has 2 aromatic carbocycles. The van der Waals surface area contributed by atoms with Crippen LogP contribution >= 0.6 is 0 Å². The molecule has 150 valence electrons. The maximum Gasteiger partial charge on any atom is 0.338 e. The molecule has 1 atom stereocenters. The zero-order valence-corrected chi connectivity index (χ0v) is 16.0. The zero-order valence-electron chi connectivity index (χ0n) is 16.0. The quantitative estimate of drug-likeness (QED) is 0.355. The van der Waals surface area contributed by atoms with Gasteiger partial charge >= 0.3 is 5.97 Å². The normalized spacial score (nSPS) is 13.8. The maximum atomic E-state index is 12.7. The third-order valence-electron chi connectivity index (χ3n) is 4.81. The highest BCUT2D eigenvalue weighted by Crippen LogP contribution is 2.26. The van der Waals surface area contributed by atoms with Crippen LogP contribution in [-0.2, 0) is 11.3 Å². The van der Waals surface area contributed by atoms with Crippen LogP contribution < -0.4 is 0 Å². The van der Waals surface area contributed by atoms with Gasteiger partial charge < -0.3 is 9.15 Å². The molecule has 0 spiro atoms.